The minimum absolute atomic E-state index is 0.862. The maximum atomic E-state index is 4.13. The molecule has 0 N–H and O–H groups in total. The fraction of sp³-hybridized carbons (Fsp3) is 0.600. The first-order valence-corrected chi connectivity index (χ1v) is 9.39. The molecule has 0 heterocycles. The Bertz CT molecular complexity index is 339. The Morgan fingerprint density at radius 1 is 0.591 bits per heavy atom. The molecular formula is C20H36S2. The van der Waals surface area contributed by atoms with Crippen molar-refractivity contribution in [2.24, 2.45) is 0 Å². The minimum atomic E-state index is 0.862. The van der Waals surface area contributed by atoms with Crippen molar-refractivity contribution in [3.8, 4) is 0 Å². The second kappa shape index (κ2) is 17.0. The molecular weight excluding hydrogens is 304 g/mol. The van der Waals surface area contributed by atoms with Crippen LogP contribution in [0.4, 0.5) is 0 Å². The van der Waals surface area contributed by atoms with Crippen LogP contribution < -0.4 is 0 Å². The summed E-state index contributed by atoms with van der Waals surface area (Å²) >= 11 is 8.26. The molecule has 0 bridgehead atoms. The predicted octanol–water partition coefficient (Wildman–Crippen LogP) is 7.22. The summed E-state index contributed by atoms with van der Waals surface area (Å²) < 4.78 is 0. The smallest absolute Gasteiger partial charge is 0.00850 e. The quantitative estimate of drug-likeness (QED) is 0.338. The van der Waals surface area contributed by atoms with Gasteiger partial charge in [0.1, 0.15) is 0 Å². The van der Waals surface area contributed by atoms with Crippen molar-refractivity contribution in [2.75, 3.05) is 11.5 Å². The second-order valence-electron chi connectivity index (χ2n) is 6.11. The van der Waals surface area contributed by atoms with E-state index in [1.165, 1.54) is 48.0 Å². The molecule has 0 amide bonds. The third-order valence-corrected chi connectivity index (χ3v) is 3.43. The highest BCUT2D eigenvalue weighted by molar-refractivity contribution is 7.80. The van der Waals surface area contributed by atoms with Gasteiger partial charge >= 0.3 is 0 Å². The summed E-state index contributed by atoms with van der Waals surface area (Å²) in [6, 6.07) is 0. The van der Waals surface area contributed by atoms with Gasteiger partial charge in [0, 0.05) is 11.5 Å². The monoisotopic (exact) mass is 340 g/mol. The standard InChI is InChI=1S/2C10H18S/c2*1-9(2)5-4-6-10(3)7-8-11/h2*5,7,11H,4,6,8H2,1-3H3. The normalized spacial score (nSPS) is 11.5. The van der Waals surface area contributed by atoms with E-state index in [1.807, 2.05) is 0 Å². The molecule has 0 aromatic heterocycles. The summed E-state index contributed by atoms with van der Waals surface area (Å²) in [6.45, 7) is 12.9. The van der Waals surface area contributed by atoms with E-state index in [1.54, 1.807) is 0 Å². The third kappa shape index (κ3) is 21.9. The summed E-state index contributed by atoms with van der Waals surface area (Å²) in [6.07, 6.45) is 13.6. The van der Waals surface area contributed by atoms with Crippen LogP contribution >= 0.6 is 25.3 Å². The molecule has 0 nitrogen and oxygen atoms in total. The maximum Gasteiger partial charge on any atom is 0.00850 e. The van der Waals surface area contributed by atoms with Gasteiger partial charge in [0.2, 0.25) is 0 Å². The maximum absolute atomic E-state index is 4.13. The summed E-state index contributed by atoms with van der Waals surface area (Å²) in [4.78, 5) is 0. The SMILES string of the molecule is CC(C)=CCCC(C)=CCS.CC(C)=CCCC(C)=CCS. The molecule has 0 aliphatic carbocycles. The molecule has 0 fully saturated rings. The van der Waals surface area contributed by atoms with Crippen molar-refractivity contribution in [3.63, 3.8) is 0 Å². The predicted molar refractivity (Wildman–Crippen MR) is 113 cm³/mol. The van der Waals surface area contributed by atoms with Crippen molar-refractivity contribution in [3.05, 3.63) is 46.6 Å². The van der Waals surface area contributed by atoms with Crippen molar-refractivity contribution < 1.29 is 0 Å². The highest BCUT2D eigenvalue weighted by atomic mass is 32.1. The summed E-state index contributed by atoms with van der Waals surface area (Å²) in [5, 5.41) is 0. The molecule has 0 aromatic carbocycles. The van der Waals surface area contributed by atoms with Crippen LogP contribution in [0.5, 0.6) is 0 Å². The van der Waals surface area contributed by atoms with E-state index in [-0.39, 0.29) is 0 Å². The lowest BCUT2D eigenvalue weighted by Gasteiger charge is -1.96. The van der Waals surface area contributed by atoms with Crippen molar-refractivity contribution in [1.82, 2.24) is 0 Å². The molecule has 0 saturated carbocycles. The van der Waals surface area contributed by atoms with Gasteiger partial charge < -0.3 is 0 Å². The van der Waals surface area contributed by atoms with Gasteiger partial charge in [-0.2, -0.15) is 25.3 Å². The Morgan fingerprint density at radius 2 is 0.909 bits per heavy atom. The van der Waals surface area contributed by atoms with E-state index in [0.717, 1.165) is 11.5 Å². The Labute approximate surface area is 150 Å². The first-order valence-electron chi connectivity index (χ1n) is 8.13. The molecule has 0 rings (SSSR count). The fourth-order valence-corrected chi connectivity index (χ4v) is 2.32. The molecule has 0 saturated heterocycles. The van der Waals surface area contributed by atoms with Gasteiger partial charge in [-0.25, -0.2) is 0 Å². The lowest BCUT2D eigenvalue weighted by atomic mass is 10.1. The Balaban J connectivity index is 0. The number of hydrogen-bond donors (Lipinski definition) is 2. The van der Waals surface area contributed by atoms with Gasteiger partial charge in [-0.1, -0.05) is 46.6 Å². The molecule has 0 atom stereocenters. The largest absolute Gasteiger partial charge is 0.175 e. The lowest BCUT2D eigenvalue weighted by Crippen LogP contribution is -1.77. The molecule has 128 valence electrons. The first kappa shape index (κ1) is 23.9. The molecule has 0 unspecified atom stereocenters. The van der Waals surface area contributed by atoms with Crippen LogP contribution in [0.2, 0.25) is 0 Å². The van der Waals surface area contributed by atoms with E-state index >= 15 is 0 Å². The zero-order chi connectivity index (χ0) is 17.4. The van der Waals surface area contributed by atoms with Crippen molar-refractivity contribution in [2.45, 2.75) is 67.2 Å². The van der Waals surface area contributed by atoms with Gasteiger partial charge in [-0.15, -0.1) is 0 Å². The lowest BCUT2D eigenvalue weighted by molar-refractivity contribution is 0.964. The zero-order valence-electron chi connectivity index (χ0n) is 15.4. The highest BCUT2D eigenvalue weighted by Crippen LogP contribution is 2.07. The topological polar surface area (TPSA) is 0 Å². The van der Waals surface area contributed by atoms with Crippen LogP contribution in [0, 0.1) is 0 Å². The molecule has 22 heavy (non-hydrogen) atoms. The number of thiol groups is 2. The van der Waals surface area contributed by atoms with Gasteiger partial charge in [-0.05, 0) is 67.2 Å². The van der Waals surface area contributed by atoms with E-state index in [9.17, 15) is 0 Å². The Kier molecular flexibility index (Phi) is 18.5. The minimum Gasteiger partial charge on any atom is -0.175 e. The van der Waals surface area contributed by atoms with Crippen LogP contribution in [-0.4, -0.2) is 11.5 Å². The fourth-order valence-electron chi connectivity index (χ4n) is 1.69. The summed E-state index contributed by atoms with van der Waals surface area (Å²) in [5.74, 6) is 1.72. The summed E-state index contributed by atoms with van der Waals surface area (Å²) in [5.41, 5.74) is 5.70. The molecule has 0 aliphatic heterocycles. The molecule has 0 aromatic rings. The number of rotatable bonds is 8. The van der Waals surface area contributed by atoms with Crippen molar-refractivity contribution >= 4 is 25.3 Å². The molecule has 0 spiro atoms. The average Bonchev–Trinajstić information content (AvgIpc) is 2.39. The van der Waals surface area contributed by atoms with E-state index in [2.05, 4.69) is 91.1 Å². The van der Waals surface area contributed by atoms with Crippen LogP contribution in [0.1, 0.15) is 67.2 Å². The van der Waals surface area contributed by atoms with Crippen LogP contribution in [0.15, 0.2) is 46.6 Å². The zero-order valence-corrected chi connectivity index (χ0v) is 17.2. The Hall–Kier alpha value is -0.340. The first-order chi connectivity index (χ1) is 10.3. The average molecular weight is 341 g/mol. The van der Waals surface area contributed by atoms with Crippen molar-refractivity contribution in [1.29, 1.82) is 0 Å². The molecule has 0 aliphatic rings. The third-order valence-electron chi connectivity index (χ3n) is 3.06. The molecule has 0 radical (unpaired) electrons. The van der Waals surface area contributed by atoms with Gasteiger partial charge in [-0.3, -0.25) is 0 Å². The van der Waals surface area contributed by atoms with E-state index < -0.39 is 0 Å². The van der Waals surface area contributed by atoms with E-state index in [4.69, 9.17) is 0 Å². The Morgan fingerprint density at radius 3 is 1.14 bits per heavy atom. The van der Waals surface area contributed by atoms with Crippen LogP contribution in [0.3, 0.4) is 0 Å². The van der Waals surface area contributed by atoms with Gasteiger partial charge in [0.15, 0.2) is 0 Å². The summed E-state index contributed by atoms with van der Waals surface area (Å²) in [7, 11) is 0. The number of hydrogen-bond acceptors (Lipinski definition) is 2. The van der Waals surface area contributed by atoms with Crippen LogP contribution in [0.25, 0.3) is 0 Å². The number of allylic oxidation sites excluding steroid dienone is 6. The second-order valence-corrected chi connectivity index (χ2v) is 6.84. The molecule has 2 heteroatoms. The van der Waals surface area contributed by atoms with Crippen LogP contribution in [-0.2, 0) is 0 Å². The van der Waals surface area contributed by atoms with Gasteiger partial charge in [0.05, 0.1) is 0 Å². The highest BCUT2D eigenvalue weighted by Gasteiger charge is 1.87. The van der Waals surface area contributed by atoms with Gasteiger partial charge in [0.25, 0.3) is 0 Å². The van der Waals surface area contributed by atoms with E-state index in [0.29, 0.717) is 0 Å².